The Hall–Kier alpha value is -0.430. The van der Waals surface area contributed by atoms with Gasteiger partial charge in [-0.25, -0.2) is 8.42 Å². The molecule has 0 amide bonds. The fourth-order valence-corrected chi connectivity index (χ4v) is 6.40. The lowest BCUT2D eigenvalue weighted by Gasteiger charge is -2.31. The zero-order valence-electron chi connectivity index (χ0n) is 14.5. The molecule has 0 unspecified atom stereocenters. The highest BCUT2D eigenvalue weighted by Gasteiger charge is 2.32. The minimum Gasteiger partial charge on any atom is -0.377 e. The predicted molar refractivity (Wildman–Crippen MR) is 99.2 cm³/mol. The minimum atomic E-state index is -2.85. The third-order valence-corrected chi connectivity index (χ3v) is 8.02. The first-order valence-electron chi connectivity index (χ1n) is 9.12. The number of rotatable bonds is 7. The van der Waals surface area contributed by atoms with Crippen LogP contribution in [0.3, 0.4) is 0 Å². The van der Waals surface area contributed by atoms with Crippen LogP contribution in [0.1, 0.15) is 43.9 Å². The quantitative estimate of drug-likeness (QED) is 0.737. The SMILES string of the molecule is C[C@@H]1CCCC[C@@H]1OCCN(Cc1cccs1)[C@@H]1CCS(=O)(=O)C1. The molecule has 1 saturated carbocycles. The van der Waals surface area contributed by atoms with Gasteiger partial charge < -0.3 is 4.74 Å². The van der Waals surface area contributed by atoms with Crippen LogP contribution in [-0.4, -0.2) is 50.1 Å². The van der Waals surface area contributed by atoms with E-state index in [2.05, 4.69) is 29.3 Å². The molecule has 0 aromatic carbocycles. The number of sulfone groups is 1. The average molecular weight is 372 g/mol. The van der Waals surface area contributed by atoms with Crippen LogP contribution in [0, 0.1) is 5.92 Å². The Morgan fingerprint density at radius 2 is 2.12 bits per heavy atom. The third kappa shape index (κ3) is 5.04. The number of hydrogen-bond donors (Lipinski definition) is 0. The molecule has 2 heterocycles. The maximum atomic E-state index is 11.9. The second-order valence-electron chi connectivity index (χ2n) is 7.28. The molecule has 1 aromatic heterocycles. The molecule has 24 heavy (non-hydrogen) atoms. The third-order valence-electron chi connectivity index (χ3n) is 5.41. The Morgan fingerprint density at radius 1 is 1.29 bits per heavy atom. The van der Waals surface area contributed by atoms with Gasteiger partial charge >= 0.3 is 0 Å². The van der Waals surface area contributed by atoms with Gasteiger partial charge in [-0.3, -0.25) is 4.90 Å². The molecule has 6 heteroatoms. The van der Waals surface area contributed by atoms with Crippen molar-refractivity contribution >= 4 is 21.2 Å². The molecule has 0 spiro atoms. The zero-order chi connectivity index (χ0) is 17.0. The van der Waals surface area contributed by atoms with Crippen LogP contribution in [-0.2, 0) is 21.1 Å². The van der Waals surface area contributed by atoms with E-state index in [-0.39, 0.29) is 6.04 Å². The van der Waals surface area contributed by atoms with Crippen molar-refractivity contribution in [2.45, 2.75) is 57.7 Å². The number of thiophene rings is 1. The van der Waals surface area contributed by atoms with Gasteiger partial charge in [-0.15, -0.1) is 11.3 Å². The Bertz CT molecular complexity index is 600. The van der Waals surface area contributed by atoms with Crippen LogP contribution in [0.2, 0.25) is 0 Å². The summed E-state index contributed by atoms with van der Waals surface area (Å²) in [4.78, 5) is 3.62. The Balaban J connectivity index is 1.55. The molecule has 4 nitrogen and oxygen atoms in total. The second kappa shape index (κ2) is 8.30. The monoisotopic (exact) mass is 371 g/mol. The summed E-state index contributed by atoms with van der Waals surface area (Å²) in [6, 6.07) is 4.33. The predicted octanol–water partition coefficient (Wildman–Crippen LogP) is 3.33. The molecule has 1 saturated heterocycles. The fourth-order valence-electron chi connectivity index (χ4n) is 3.91. The van der Waals surface area contributed by atoms with Gasteiger partial charge in [-0.1, -0.05) is 25.8 Å². The van der Waals surface area contributed by atoms with E-state index in [0.29, 0.717) is 30.1 Å². The second-order valence-corrected chi connectivity index (χ2v) is 10.5. The van der Waals surface area contributed by atoms with E-state index < -0.39 is 9.84 Å². The van der Waals surface area contributed by atoms with E-state index in [9.17, 15) is 8.42 Å². The summed E-state index contributed by atoms with van der Waals surface area (Å²) in [5.41, 5.74) is 0. The number of hydrogen-bond acceptors (Lipinski definition) is 5. The molecule has 3 rings (SSSR count). The first kappa shape index (κ1) is 18.4. The maximum absolute atomic E-state index is 11.9. The van der Waals surface area contributed by atoms with E-state index >= 15 is 0 Å². The molecular formula is C18H29NO3S2. The largest absolute Gasteiger partial charge is 0.377 e. The highest BCUT2D eigenvalue weighted by Crippen LogP contribution is 2.27. The normalized spacial score (nSPS) is 30.0. The van der Waals surface area contributed by atoms with Gasteiger partial charge in [0.2, 0.25) is 0 Å². The van der Waals surface area contributed by atoms with Crippen molar-refractivity contribution in [3.05, 3.63) is 22.4 Å². The summed E-state index contributed by atoms with van der Waals surface area (Å²) in [6.07, 6.45) is 6.18. The lowest BCUT2D eigenvalue weighted by molar-refractivity contribution is -0.0177. The van der Waals surface area contributed by atoms with Crippen molar-refractivity contribution in [1.82, 2.24) is 4.90 Å². The lowest BCUT2D eigenvalue weighted by Crippen LogP contribution is -2.39. The van der Waals surface area contributed by atoms with Gasteiger partial charge in [0.25, 0.3) is 0 Å². The van der Waals surface area contributed by atoms with Gasteiger partial charge in [-0.05, 0) is 36.6 Å². The van der Waals surface area contributed by atoms with E-state index in [1.54, 1.807) is 11.3 Å². The van der Waals surface area contributed by atoms with Crippen molar-refractivity contribution in [3.8, 4) is 0 Å². The van der Waals surface area contributed by atoms with Gasteiger partial charge in [0, 0.05) is 24.0 Å². The van der Waals surface area contributed by atoms with E-state index in [1.165, 1.54) is 30.6 Å². The Morgan fingerprint density at radius 3 is 2.79 bits per heavy atom. The summed E-state index contributed by atoms with van der Waals surface area (Å²) < 4.78 is 29.9. The lowest BCUT2D eigenvalue weighted by atomic mass is 9.88. The fraction of sp³-hybridized carbons (Fsp3) is 0.778. The summed E-state index contributed by atoms with van der Waals surface area (Å²) in [6.45, 7) is 4.65. The molecule has 2 fully saturated rings. The van der Waals surface area contributed by atoms with Gasteiger partial charge in [0.1, 0.15) is 0 Å². The van der Waals surface area contributed by atoms with Crippen molar-refractivity contribution in [1.29, 1.82) is 0 Å². The molecule has 0 N–H and O–H groups in total. The summed E-state index contributed by atoms with van der Waals surface area (Å²) >= 11 is 1.74. The van der Waals surface area contributed by atoms with Crippen molar-refractivity contribution in [2.75, 3.05) is 24.7 Å². The highest BCUT2D eigenvalue weighted by molar-refractivity contribution is 7.91. The molecule has 0 radical (unpaired) electrons. The van der Waals surface area contributed by atoms with Gasteiger partial charge in [0.05, 0.1) is 24.2 Å². The number of nitrogens with zero attached hydrogens (tertiary/aromatic N) is 1. The van der Waals surface area contributed by atoms with Crippen LogP contribution < -0.4 is 0 Å². The average Bonchev–Trinajstić information content (AvgIpc) is 3.17. The van der Waals surface area contributed by atoms with Crippen LogP contribution in [0.5, 0.6) is 0 Å². The topological polar surface area (TPSA) is 46.6 Å². The molecular weight excluding hydrogens is 342 g/mol. The van der Waals surface area contributed by atoms with Crippen molar-refractivity contribution in [3.63, 3.8) is 0 Å². The Labute approximate surface area is 150 Å². The van der Waals surface area contributed by atoms with E-state index in [4.69, 9.17) is 4.74 Å². The zero-order valence-corrected chi connectivity index (χ0v) is 16.2. The maximum Gasteiger partial charge on any atom is 0.151 e. The molecule has 1 aliphatic heterocycles. The van der Waals surface area contributed by atoms with Crippen LogP contribution in [0.15, 0.2) is 17.5 Å². The van der Waals surface area contributed by atoms with E-state index in [0.717, 1.165) is 19.5 Å². The summed E-state index contributed by atoms with van der Waals surface area (Å²) in [5.74, 6) is 1.29. The molecule has 136 valence electrons. The molecule has 1 aromatic rings. The van der Waals surface area contributed by atoms with Crippen LogP contribution in [0.25, 0.3) is 0 Å². The molecule has 2 aliphatic rings. The van der Waals surface area contributed by atoms with Crippen LogP contribution >= 0.6 is 11.3 Å². The molecule has 3 atom stereocenters. The summed E-state index contributed by atoms with van der Waals surface area (Å²) in [7, 11) is -2.85. The summed E-state index contributed by atoms with van der Waals surface area (Å²) in [5, 5.41) is 2.08. The number of ether oxygens (including phenoxy) is 1. The molecule has 1 aliphatic carbocycles. The molecule has 0 bridgehead atoms. The van der Waals surface area contributed by atoms with Crippen molar-refractivity contribution in [2.24, 2.45) is 5.92 Å². The standard InChI is InChI=1S/C18H29NO3S2/c1-15-5-2-3-7-18(15)22-10-9-19(13-17-6-4-11-23-17)16-8-12-24(20,21)14-16/h4,6,11,15-16,18H,2-3,5,7-10,12-14H2,1H3/t15-,16-,18+/m1/s1. The van der Waals surface area contributed by atoms with Crippen LogP contribution in [0.4, 0.5) is 0 Å². The highest BCUT2D eigenvalue weighted by atomic mass is 32.2. The first-order chi connectivity index (χ1) is 11.5. The smallest absolute Gasteiger partial charge is 0.151 e. The van der Waals surface area contributed by atoms with Gasteiger partial charge in [-0.2, -0.15) is 0 Å². The van der Waals surface area contributed by atoms with E-state index in [1.807, 2.05) is 0 Å². The Kier molecular flexibility index (Phi) is 6.35. The minimum absolute atomic E-state index is 0.143. The first-order valence-corrected chi connectivity index (χ1v) is 11.8. The van der Waals surface area contributed by atoms with Gasteiger partial charge in [0.15, 0.2) is 9.84 Å². The van der Waals surface area contributed by atoms with Crippen molar-refractivity contribution < 1.29 is 13.2 Å².